The molecule has 0 saturated carbocycles. The van der Waals surface area contributed by atoms with Crippen LogP contribution >= 0.6 is 23.4 Å². The lowest BCUT2D eigenvalue weighted by Crippen LogP contribution is -2.15. The van der Waals surface area contributed by atoms with Crippen LogP contribution in [-0.4, -0.2) is 36.3 Å². The summed E-state index contributed by atoms with van der Waals surface area (Å²) < 4.78 is 1.87. The predicted molar refractivity (Wildman–Crippen MR) is 122 cm³/mol. The molecule has 2 heterocycles. The molecule has 0 fully saturated rings. The van der Waals surface area contributed by atoms with Gasteiger partial charge >= 0.3 is 0 Å². The molecule has 4 aromatic rings. The van der Waals surface area contributed by atoms with E-state index < -0.39 is 4.92 Å². The van der Waals surface area contributed by atoms with Crippen molar-refractivity contribution in [3.63, 3.8) is 0 Å². The van der Waals surface area contributed by atoms with Gasteiger partial charge in [0.1, 0.15) is 0 Å². The summed E-state index contributed by atoms with van der Waals surface area (Å²) in [5, 5.41) is 22.7. The van der Waals surface area contributed by atoms with Gasteiger partial charge in [-0.2, -0.15) is 0 Å². The van der Waals surface area contributed by atoms with Crippen LogP contribution in [0.5, 0.6) is 0 Å². The van der Waals surface area contributed by atoms with Crippen molar-refractivity contribution in [2.24, 2.45) is 0 Å². The van der Waals surface area contributed by atoms with Crippen LogP contribution in [0.1, 0.15) is 0 Å². The number of benzene rings is 2. The number of carbonyl (C=O) groups is 1. The first-order valence-electron chi connectivity index (χ1n) is 9.31. The number of carbonyl (C=O) groups excluding carboxylic acids is 1. The second-order valence-corrected chi connectivity index (χ2v) is 7.82. The zero-order valence-corrected chi connectivity index (χ0v) is 18.0. The second-order valence-electron chi connectivity index (χ2n) is 6.47. The van der Waals surface area contributed by atoms with Gasteiger partial charge in [-0.25, -0.2) is 0 Å². The summed E-state index contributed by atoms with van der Waals surface area (Å²) in [5.74, 6) is 0.327. The standard InChI is InChI=1S/C21H15ClN6O3S/c22-17-12-16(28(30)31)6-7-18(17)24-19(29)13-32-21-26-25-20(14-8-10-23-11-9-14)27(21)15-4-2-1-3-5-15/h1-12H,13H2,(H,24,29). The number of halogens is 1. The fourth-order valence-corrected chi connectivity index (χ4v) is 3.87. The highest BCUT2D eigenvalue weighted by atomic mass is 35.5. The fourth-order valence-electron chi connectivity index (χ4n) is 2.90. The number of anilines is 1. The zero-order chi connectivity index (χ0) is 22.5. The van der Waals surface area contributed by atoms with E-state index in [1.807, 2.05) is 47.0 Å². The van der Waals surface area contributed by atoms with Gasteiger partial charge in [0, 0.05) is 35.8 Å². The molecular formula is C21H15ClN6O3S. The number of thioether (sulfide) groups is 1. The molecule has 2 aromatic carbocycles. The van der Waals surface area contributed by atoms with Gasteiger partial charge in [-0.1, -0.05) is 41.6 Å². The van der Waals surface area contributed by atoms with Gasteiger partial charge in [-0.05, 0) is 30.3 Å². The minimum absolute atomic E-state index is 0.0363. The summed E-state index contributed by atoms with van der Waals surface area (Å²) in [4.78, 5) is 26.8. The molecular weight excluding hydrogens is 452 g/mol. The highest BCUT2D eigenvalue weighted by molar-refractivity contribution is 7.99. The van der Waals surface area contributed by atoms with Crippen LogP contribution in [-0.2, 0) is 4.79 Å². The van der Waals surface area contributed by atoms with E-state index in [1.165, 1.54) is 30.0 Å². The number of nitrogens with zero attached hydrogens (tertiary/aromatic N) is 5. The number of nitro groups is 1. The SMILES string of the molecule is O=C(CSc1nnc(-c2ccncc2)n1-c1ccccc1)Nc1ccc([N+](=O)[O-])cc1Cl. The summed E-state index contributed by atoms with van der Waals surface area (Å²) >= 11 is 7.26. The number of hydrogen-bond acceptors (Lipinski definition) is 7. The first kappa shape index (κ1) is 21.5. The summed E-state index contributed by atoms with van der Waals surface area (Å²) in [7, 11) is 0. The van der Waals surface area contributed by atoms with Crippen LogP contribution in [0, 0.1) is 10.1 Å². The van der Waals surface area contributed by atoms with Crippen LogP contribution < -0.4 is 5.32 Å². The Morgan fingerprint density at radius 2 is 1.84 bits per heavy atom. The average Bonchev–Trinajstić information content (AvgIpc) is 3.24. The molecule has 0 saturated heterocycles. The van der Waals surface area contributed by atoms with Crippen LogP contribution in [0.4, 0.5) is 11.4 Å². The molecule has 11 heteroatoms. The number of amides is 1. The maximum Gasteiger partial charge on any atom is 0.271 e. The Bertz CT molecular complexity index is 1270. The van der Waals surface area contributed by atoms with E-state index in [0.29, 0.717) is 16.7 Å². The van der Waals surface area contributed by atoms with Crippen molar-refractivity contribution in [1.29, 1.82) is 0 Å². The number of pyridine rings is 1. The van der Waals surface area contributed by atoms with Crippen LogP contribution in [0.3, 0.4) is 0 Å². The highest BCUT2D eigenvalue weighted by Crippen LogP contribution is 2.29. The molecule has 0 unspecified atom stereocenters. The quantitative estimate of drug-likeness (QED) is 0.240. The van der Waals surface area contributed by atoms with E-state index in [-0.39, 0.29) is 22.4 Å². The third-order valence-corrected chi connectivity index (χ3v) is 5.60. The van der Waals surface area contributed by atoms with Gasteiger partial charge < -0.3 is 5.32 Å². The first-order valence-corrected chi connectivity index (χ1v) is 10.7. The van der Waals surface area contributed by atoms with Crippen LogP contribution in [0.15, 0.2) is 78.2 Å². The molecule has 0 bridgehead atoms. The first-order chi connectivity index (χ1) is 15.5. The Morgan fingerprint density at radius 1 is 1.09 bits per heavy atom. The Balaban J connectivity index is 1.54. The van der Waals surface area contributed by atoms with Crippen molar-refractivity contribution in [2.45, 2.75) is 5.16 Å². The zero-order valence-electron chi connectivity index (χ0n) is 16.4. The van der Waals surface area contributed by atoms with Gasteiger partial charge in [0.25, 0.3) is 5.69 Å². The van der Waals surface area contributed by atoms with Crippen molar-refractivity contribution >= 4 is 40.6 Å². The maximum atomic E-state index is 12.5. The summed E-state index contributed by atoms with van der Waals surface area (Å²) in [6.45, 7) is 0. The van der Waals surface area contributed by atoms with Crippen molar-refractivity contribution in [3.05, 3.63) is 88.2 Å². The minimum Gasteiger partial charge on any atom is -0.324 e. The molecule has 4 rings (SSSR count). The summed E-state index contributed by atoms with van der Waals surface area (Å²) in [6, 6.07) is 17.1. The Morgan fingerprint density at radius 3 is 2.53 bits per heavy atom. The normalized spacial score (nSPS) is 10.7. The molecule has 0 aliphatic carbocycles. The molecule has 0 atom stereocenters. The molecule has 1 N–H and O–H groups in total. The molecule has 9 nitrogen and oxygen atoms in total. The largest absolute Gasteiger partial charge is 0.324 e. The number of rotatable bonds is 7. The molecule has 0 aliphatic heterocycles. The van der Waals surface area contributed by atoms with Crippen LogP contribution in [0.2, 0.25) is 5.02 Å². The summed E-state index contributed by atoms with van der Waals surface area (Å²) in [6.07, 6.45) is 3.35. The Labute approximate surface area is 191 Å². The van der Waals surface area contributed by atoms with E-state index in [4.69, 9.17) is 11.6 Å². The number of aromatic nitrogens is 4. The molecule has 0 radical (unpaired) electrons. The van der Waals surface area contributed by atoms with Gasteiger partial charge in [-0.15, -0.1) is 10.2 Å². The monoisotopic (exact) mass is 466 g/mol. The number of nitro benzene ring substituents is 1. The smallest absolute Gasteiger partial charge is 0.271 e. The molecule has 0 spiro atoms. The van der Waals surface area contributed by atoms with Gasteiger partial charge in [0.15, 0.2) is 11.0 Å². The lowest BCUT2D eigenvalue weighted by Gasteiger charge is -2.10. The van der Waals surface area contributed by atoms with E-state index in [9.17, 15) is 14.9 Å². The fraction of sp³-hybridized carbons (Fsp3) is 0.0476. The van der Waals surface area contributed by atoms with E-state index in [0.717, 1.165) is 11.3 Å². The van der Waals surface area contributed by atoms with E-state index in [1.54, 1.807) is 12.4 Å². The van der Waals surface area contributed by atoms with E-state index in [2.05, 4.69) is 20.5 Å². The second kappa shape index (κ2) is 9.58. The van der Waals surface area contributed by atoms with E-state index >= 15 is 0 Å². The number of nitrogens with one attached hydrogen (secondary N) is 1. The lowest BCUT2D eigenvalue weighted by molar-refractivity contribution is -0.384. The van der Waals surface area contributed by atoms with Crippen LogP contribution in [0.25, 0.3) is 17.1 Å². The van der Waals surface area contributed by atoms with Crippen molar-refractivity contribution < 1.29 is 9.72 Å². The van der Waals surface area contributed by atoms with Crippen molar-refractivity contribution in [1.82, 2.24) is 19.7 Å². The number of non-ortho nitro benzene ring substituents is 1. The lowest BCUT2D eigenvalue weighted by atomic mass is 10.2. The topological polar surface area (TPSA) is 116 Å². The molecule has 160 valence electrons. The average molecular weight is 467 g/mol. The summed E-state index contributed by atoms with van der Waals surface area (Å²) in [5.41, 5.74) is 1.84. The number of hydrogen-bond donors (Lipinski definition) is 1. The number of para-hydroxylation sites is 1. The molecule has 0 aliphatic rings. The molecule has 2 aromatic heterocycles. The Kier molecular flexibility index (Phi) is 6.43. The van der Waals surface area contributed by atoms with Gasteiger partial charge in [-0.3, -0.25) is 24.5 Å². The predicted octanol–water partition coefficient (Wildman–Crippen LogP) is 4.62. The minimum atomic E-state index is -0.551. The molecule has 1 amide bonds. The maximum absolute atomic E-state index is 12.5. The molecule has 32 heavy (non-hydrogen) atoms. The Hall–Kier alpha value is -3.76. The van der Waals surface area contributed by atoms with Crippen molar-refractivity contribution in [3.8, 4) is 17.1 Å². The highest BCUT2D eigenvalue weighted by Gasteiger charge is 2.18. The van der Waals surface area contributed by atoms with Gasteiger partial charge in [0.05, 0.1) is 21.4 Å². The third-order valence-electron chi connectivity index (χ3n) is 4.36. The third kappa shape index (κ3) is 4.76. The van der Waals surface area contributed by atoms with Gasteiger partial charge in [0.2, 0.25) is 5.91 Å². The van der Waals surface area contributed by atoms with Crippen molar-refractivity contribution in [2.75, 3.05) is 11.1 Å².